The summed E-state index contributed by atoms with van der Waals surface area (Å²) in [6.07, 6.45) is -1.13. The van der Waals surface area contributed by atoms with E-state index in [1.807, 2.05) is 0 Å². The Balaban J connectivity index is 1.48. The van der Waals surface area contributed by atoms with Crippen LogP contribution in [-0.4, -0.2) is 34.9 Å². The molecule has 3 aliphatic rings. The Hall–Kier alpha value is -4.50. The van der Waals surface area contributed by atoms with Gasteiger partial charge in [-0.1, -0.05) is 36.4 Å². The monoisotopic (exact) mass is 498 g/mol. The highest BCUT2D eigenvalue weighted by Gasteiger charge is 2.74. The zero-order valence-corrected chi connectivity index (χ0v) is 19.4. The van der Waals surface area contributed by atoms with Crippen molar-refractivity contribution in [3.8, 4) is 0 Å². The summed E-state index contributed by atoms with van der Waals surface area (Å²) in [6, 6.07) is 17.5. The highest BCUT2D eigenvalue weighted by Crippen LogP contribution is 2.57. The predicted molar refractivity (Wildman–Crippen MR) is 128 cm³/mol. The summed E-state index contributed by atoms with van der Waals surface area (Å²) in [7, 11) is 0. The fraction of sp³-hybridized carbons (Fsp3) is 0.179. The number of carbonyl (C=O) groups excluding carboxylic acids is 5. The molecule has 0 bridgehead atoms. The Morgan fingerprint density at radius 1 is 0.865 bits per heavy atom. The van der Waals surface area contributed by atoms with Crippen LogP contribution in [0.15, 0.2) is 72.8 Å². The summed E-state index contributed by atoms with van der Waals surface area (Å²) in [4.78, 5) is 67.4. The fourth-order valence-electron chi connectivity index (χ4n) is 5.62. The number of rotatable bonds is 3. The van der Waals surface area contributed by atoms with Crippen LogP contribution in [0.5, 0.6) is 0 Å². The summed E-state index contributed by atoms with van der Waals surface area (Å²) < 4.78 is 19.8. The second-order valence-corrected chi connectivity index (χ2v) is 9.27. The molecule has 9 heteroatoms. The Kier molecular flexibility index (Phi) is 4.96. The molecule has 37 heavy (non-hydrogen) atoms. The van der Waals surface area contributed by atoms with E-state index in [0.29, 0.717) is 11.3 Å². The van der Waals surface area contributed by atoms with Crippen LogP contribution >= 0.6 is 0 Å². The molecule has 2 fully saturated rings. The lowest BCUT2D eigenvalue weighted by atomic mass is 9.77. The quantitative estimate of drug-likeness (QED) is 0.438. The van der Waals surface area contributed by atoms with Crippen LogP contribution in [0.1, 0.15) is 39.3 Å². The van der Waals surface area contributed by atoms with Gasteiger partial charge in [-0.3, -0.25) is 24.0 Å². The van der Waals surface area contributed by atoms with Gasteiger partial charge in [0.15, 0.2) is 0 Å². The lowest BCUT2D eigenvalue weighted by molar-refractivity contribution is -0.127. The number of anilines is 2. The molecule has 184 valence electrons. The standard InChI is InChI=1S/C28H19FN2O6/c1-14(32)30-17-10-12-18(13-11-17)31-26(35)21-22(27(31)36)28(37-23(21)15-6-8-16(29)9-7-15)24(33)19-4-2-3-5-20(19)25(28)34/h2-13,21-23H,1H3,(H,30,32). The number of hydrogen-bond acceptors (Lipinski definition) is 6. The number of imide groups is 1. The van der Waals surface area contributed by atoms with Gasteiger partial charge >= 0.3 is 0 Å². The first kappa shape index (κ1) is 22.9. The number of nitrogens with zero attached hydrogens (tertiary/aromatic N) is 1. The molecule has 2 aliphatic heterocycles. The number of carbonyl (C=O) groups is 5. The van der Waals surface area contributed by atoms with Crippen molar-refractivity contribution in [2.75, 3.05) is 10.2 Å². The largest absolute Gasteiger partial charge is 0.349 e. The molecule has 8 nitrogen and oxygen atoms in total. The topological polar surface area (TPSA) is 110 Å². The number of amides is 3. The average Bonchev–Trinajstić information content (AvgIpc) is 3.45. The van der Waals surface area contributed by atoms with Crippen molar-refractivity contribution < 1.29 is 33.1 Å². The number of ketones is 2. The van der Waals surface area contributed by atoms with Crippen LogP contribution in [-0.2, 0) is 19.1 Å². The molecular formula is C28H19FN2O6. The normalized spacial score (nSPS) is 23.5. The summed E-state index contributed by atoms with van der Waals surface area (Å²) in [5.74, 6) is -6.09. The molecule has 3 aromatic rings. The van der Waals surface area contributed by atoms with Crippen LogP contribution < -0.4 is 10.2 Å². The third kappa shape index (κ3) is 3.14. The highest BCUT2D eigenvalue weighted by molar-refractivity contribution is 6.37. The maximum Gasteiger partial charge on any atom is 0.241 e. The summed E-state index contributed by atoms with van der Waals surface area (Å²) in [6.45, 7) is 1.35. The van der Waals surface area contributed by atoms with Gasteiger partial charge in [-0.05, 0) is 42.0 Å². The fourth-order valence-corrected chi connectivity index (χ4v) is 5.62. The predicted octanol–water partition coefficient (Wildman–Crippen LogP) is 3.48. The number of hydrogen-bond donors (Lipinski definition) is 1. The van der Waals surface area contributed by atoms with Crippen molar-refractivity contribution in [1.29, 1.82) is 0 Å². The van der Waals surface area contributed by atoms with Crippen molar-refractivity contribution in [3.63, 3.8) is 0 Å². The van der Waals surface area contributed by atoms with E-state index in [9.17, 15) is 28.4 Å². The Morgan fingerprint density at radius 2 is 1.46 bits per heavy atom. The Labute approximate surface area is 210 Å². The number of benzene rings is 3. The average molecular weight is 498 g/mol. The molecule has 1 spiro atoms. The van der Waals surface area contributed by atoms with E-state index in [1.165, 1.54) is 67.6 Å². The lowest BCUT2D eigenvalue weighted by Crippen LogP contribution is -2.51. The first-order valence-corrected chi connectivity index (χ1v) is 11.6. The van der Waals surface area contributed by atoms with Gasteiger partial charge in [-0.15, -0.1) is 0 Å². The van der Waals surface area contributed by atoms with Crippen LogP contribution in [0.3, 0.4) is 0 Å². The molecule has 3 amide bonds. The molecule has 2 saturated heterocycles. The Bertz CT molecular complexity index is 1480. The molecule has 6 rings (SSSR count). The van der Waals surface area contributed by atoms with Crippen molar-refractivity contribution in [2.24, 2.45) is 11.8 Å². The smallest absolute Gasteiger partial charge is 0.241 e. The van der Waals surface area contributed by atoms with Gasteiger partial charge in [0.05, 0.1) is 23.6 Å². The van der Waals surface area contributed by atoms with E-state index in [0.717, 1.165) is 4.90 Å². The van der Waals surface area contributed by atoms with Crippen LogP contribution in [0, 0.1) is 17.7 Å². The first-order valence-electron chi connectivity index (χ1n) is 11.6. The minimum absolute atomic E-state index is 0.129. The third-order valence-electron chi connectivity index (χ3n) is 7.16. The van der Waals surface area contributed by atoms with Gasteiger partial charge in [0.25, 0.3) is 0 Å². The van der Waals surface area contributed by atoms with Gasteiger partial charge in [0.2, 0.25) is 34.9 Å². The molecule has 3 atom stereocenters. The van der Waals surface area contributed by atoms with Crippen LogP contribution in [0.4, 0.5) is 15.8 Å². The van der Waals surface area contributed by atoms with Crippen molar-refractivity contribution in [2.45, 2.75) is 18.6 Å². The second kappa shape index (κ2) is 8.01. The SMILES string of the molecule is CC(=O)Nc1ccc(N2C(=O)C3C(c4ccc(F)cc4)OC4(C(=O)c5ccccc5C4=O)C3C2=O)cc1. The van der Waals surface area contributed by atoms with Crippen molar-refractivity contribution in [3.05, 3.63) is 95.3 Å². The van der Waals surface area contributed by atoms with Crippen molar-refractivity contribution >= 4 is 40.7 Å². The van der Waals surface area contributed by atoms with E-state index >= 15 is 0 Å². The van der Waals surface area contributed by atoms with E-state index in [2.05, 4.69) is 5.32 Å². The molecule has 2 heterocycles. The molecule has 0 saturated carbocycles. The minimum Gasteiger partial charge on any atom is -0.349 e. The maximum absolute atomic E-state index is 13.9. The minimum atomic E-state index is -2.20. The molecular weight excluding hydrogens is 479 g/mol. The lowest BCUT2D eigenvalue weighted by Gasteiger charge is -2.27. The van der Waals surface area contributed by atoms with E-state index < -0.39 is 52.7 Å². The summed E-state index contributed by atoms with van der Waals surface area (Å²) in [5, 5.41) is 2.61. The number of ether oxygens (including phenoxy) is 1. The zero-order valence-electron chi connectivity index (χ0n) is 19.4. The molecule has 3 unspecified atom stereocenters. The maximum atomic E-state index is 13.9. The molecule has 0 radical (unpaired) electrons. The van der Waals surface area contributed by atoms with Gasteiger partial charge in [0.1, 0.15) is 5.82 Å². The van der Waals surface area contributed by atoms with Crippen LogP contribution in [0.25, 0.3) is 0 Å². The second-order valence-electron chi connectivity index (χ2n) is 9.27. The number of Topliss-reactive ketones (excluding diaryl/α,β-unsaturated/α-hetero) is 2. The summed E-state index contributed by atoms with van der Waals surface area (Å²) in [5.41, 5.74) is -0.883. The number of fused-ring (bicyclic) bond motifs is 3. The molecule has 1 aliphatic carbocycles. The van der Waals surface area contributed by atoms with E-state index in [-0.39, 0.29) is 22.7 Å². The van der Waals surface area contributed by atoms with Gasteiger partial charge < -0.3 is 10.1 Å². The van der Waals surface area contributed by atoms with Crippen LogP contribution in [0.2, 0.25) is 0 Å². The zero-order chi connectivity index (χ0) is 26.1. The molecule has 0 aromatic heterocycles. The Morgan fingerprint density at radius 3 is 2.03 bits per heavy atom. The number of nitrogens with one attached hydrogen (secondary N) is 1. The van der Waals surface area contributed by atoms with E-state index in [4.69, 9.17) is 4.74 Å². The molecule has 1 N–H and O–H groups in total. The highest BCUT2D eigenvalue weighted by atomic mass is 19.1. The van der Waals surface area contributed by atoms with Crippen molar-refractivity contribution in [1.82, 2.24) is 0 Å². The first-order chi connectivity index (χ1) is 17.7. The van der Waals surface area contributed by atoms with Gasteiger partial charge in [0, 0.05) is 23.7 Å². The van der Waals surface area contributed by atoms with E-state index in [1.54, 1.807) is 12.1 Å². The number of halogens is 1. The summed E-state index contributed by atoms with van der Waals surface area (Å²) >= 11 is 0. The molecule has 3 aromatic carbocycles. The van der Waals surface area contributed by atoms with Gasteiger partial charge in [-0.25, -0.2) is 9.29 Å². The third-order valence-corrected chi connectivity index (χ3v) is 7.16. The van der Waals surface area contributed by atoms with Gasteiger partial charge in [-0.2, -0.15) is 0 Å².